The Kier molecular flexibility index (Phi) is 4.94. The fourth-order valence-electron chi connectivity index (χ4n) is 2.94. The minimum atomic E-state index is -0.770. The zero-order valence-electron chi connectivity index (χ0n) is 15.1. The van der Waals surface area contributed by atoms with Crippen LogP contribution in [0.1, 0.15) is 19.4 Å². The molecule has 0 radical (unpaired) electrons. The number of fused-ring (bicyclic) bond motifs is 1. The highest BCUT2D eigenvalue weighted by atomic mass is 32.1. The molecule has 0 aliphatic heterocycles. The first-order valence-electron chi connectivity index (χ1n) is 8.83. The molecule has 7 nitrogen and oxygen atoms in total. The number of nitrogens with one attached hydrogen (secondary N) is 1. The molecule has 0 saturated heterocycles. The number of carbonyl (C=O) groups is 1. The van der Waals surface area contributed by atoms with E-state index in [-0.39, 0.29) is 11.5 Å². The highest BCUT2D eigenvalue weighted by Gasteiger charge is 2.23. The number of benzene rings is 2. The van der Waals surface area contributed by atoms with Gasteiger partial charge in [0.2, 0.25) is 0 Å². The van der Waals surface area contributed by atoms with Crippen LogP contribution in [0.4, 0.5) is 5.13 Å². The number of amides is 1. The molecule has 0 saturated carbocycles. The van der Waals surface area contributed by atoms with Gasteiger partial charge < -0.3 is 5.32 Å². The van der Waals surface area contributed by atoms with E-state index in [1.807, 2.05) is 42.6 Å². The molecule has 8 heteroatoms. The van der Waals surface area contributed by atoms with E-state index in [4.69, 9.17) is 0 Å². The lowest BCUT2D eigenvalue weighted by Crippen LogP contribution is -2.35. The van der Waals surface area contributed by atoms with Gasteiger partial charge in [0.1, 0.15) is 11.6 Å². The molecule has 1 amide bonds. The average Bonchev–Trinajstić information content (AvgIpc) is 3.19. The van der Waals surface area contributed by atoms with Gasteiger partial charge in [-0.2, -0.15) is 4.68 Å². The molecule has 0 bridgehead atoms. The zero-order valence-corrected chi connectivity index (χ0v) is 15.9. The molecule has 0 aliphatic rings. The third-order valence-corrected chi connectivity index (χ3v) is 5.14. The lowest BCUT2D eigenvalue weighted by molar-refractivity contribution is -0.119. The van der Waals surface area contributed by atoms with Crippen molar-refractivity contribution < 1.29 is 4.79 Å². The van der Waals surface area contributed by atoms with Crippen molar-refractivity contribution in [3.05, 3.63) is 70.3 Å². The third-order valence-electron chi connectivity index (χ3n) is 4.38. The van der Waals surface area contributed by atoms with Crippen molar-refractivity contribution in [1.29, 1.82) is 0 Å². The van der Waals surface area contributed by atoms with Crippen molar-refractivity contribution in [2.24, 2.45) is 0 Å². The fourth-order valence-corrected chi connectivity index (χ4v) is 3.66. The SMILES string of the molecule is CC[C@H](C(=O)Nc1nc(-c2ccccc2)cs1)n1nnc2ccccc2c1=O. The Balaban J connectivity index is 1.60. The van der Waals surface area contributed by atoms with Gasteiger partial charge >= 0.3 is 0 Å². The van der Waals surface area contributed by atoms with Crippen LogP contribution in [0.25, 0.3) is 22.2 Å². The monoisotopic (exact) mass is 391 g/mol. The van der Waals surface area contributed by atoms with Crippen molar-refractivity contribution in [2.75, 3.05) is 5.32 Å². The van der Waals surface area contributed by atoms with Crippen LogP contribution in [0.15, 0.2) is 64.8 Å². The molecule has 0 unspecified atom stereocenters. The summed E-state index contributed by atoms with van der Waals surface area (Å²) < 4.78 is 1.14. The van der Waals surface area contributed by atoms with Crippen LogP contribution in [0.3, 0.4) is 0 Å². The highest BCUT2D eigenvalue weighted by molar-refractivity contribution is 7.14. The van der Waals surface area contributed by atoms with Crippen molar-refractivity contribution in [3.8, 4) is 11.3 Å². The molecule has 0 fully saturated rings. The maximum Gasteiger partial charge on any atom is 0.278 e. The lowest BCUT2D eigenvalue weighted by atomic mass is 10.2. The second-order valence-electron chi connectivity index (χ2n) is 6.17. The van der Waals surface area contributed by atoms with E-state index < -0.39 is 6.04 Å². The fraction of sp³-hybridized carbons (Fsp3) is 0.150. The van der Waals surface area contributed by atoms with Gasteiger partial charge in [-0.3, -0.25) is 9.59 Å². The number of aromatic nitrogens is 4. The van der Waals surface area contributed by atoms with Crippen LogP contribution >= 0.6 is 11.3 Å². The summed E-state index contributed by atoms with van der Waals surface area (Å²) in [7, 11) is 0. The molecule has 0 aliphatic carbocycles. The van der Waals surface area contributed by atoms with Crippen LogP contribution in [0.5, 0.6) is 0 Å². The number of rotatable bonds is 5. The third kappa shape index (κ3) is 3.41. The summed E-state index contributed by atoms with van der Waals surface area (Å²) in [6.07, 6.45) is 0.398. The number of thiazole rings is 1. The van der Waals surface area contributed by atoms with Gasteiger partial charge in [0.25, 0.3) is 11.5 Å². The van der Waals surface area contributed by atoms with E-state index >= 15 is 0 Å². The van der Waals surface area contributed by atoms with Crippen LogP contribution in [-0.2, 0) is 4.79 Å². The van der Waals surface area contributed by atoms with Gasteiger partial charge in [-0.25, -0.2) is 4.98 Å². The van der Waals surface area contributed by atoms with E-state index in [0.717, 1.165) is 15.9 Å². The van der Waals surface area contributed by atoms with Crippen molar-refractivity contribution in [2.45, 2.75) is 19.4 Å². The van der Waals surface area contributed by atoms with Crippen LogP contribution in [0, 0.1) is 0 Å². The molecule has 4 aromatic rings. The van der Waals surface area contributed by atoms with Gasteiger partial charge in [-0.05, 0) is 18.6 Å². The zero-order chi connectivity index (χ0) is 19.5. The van der Waals surface area contributed by atoms with E-state index in [2.05, 4.69) is 20.6 Å². The molecule has 1 atom stereocenters. The Morgan fingerprint density at radius 3 is 2.68 bits per heavy atom. The summed E-state index contributed by atoms with van der Waals surface area (Å²) in [5, 5.41) is 13.6. The summed E-state index contributed by atoms with van der Waals surface area (Å²) in [4.78, 5) is 30.0. The van der Waals surface area contributed by atoms with Gasteiger partial charge in [-0.1, -0.05) is 54.6 Å². The summed E-state index contributed by atoms with van der Waals surface area (Å²) in [6, 6.07) is 15.9. The molecule has 4 rings (SSSR count). The lowest BCUT2D eigenvalue weighted by Gasteiger charge is -2.15. The van der Waals surface area contributed by atoms with Crippen LogP contribution < -0.4 is 10.9 Å². The number of hydrogen-bond donors (Lipinski definition) is 1. The predicted molar refractivity (Wildman–Crippen MR) is 109 cm³/mol. The second-order valence-corrected chi connectivity index (χ2v) is 7.03. The topological polar surface area (TPSA) is 89.8 Å². The first kappa shape index (κ1) is 18.0. The van der Waals surface area contributed by atoms with E-state index in [0.29, 0.717) is 22.5 Å². The normalized spacial score (nSPS) is 12.0. The number of nitrogens with zero attached hydrogens (tertiary/aromatic N) is 4. The second kappa shape index (κ2) is 7.69. The molecule has 1 N–H and O–H groups in total. The molecule has 2 aromatic carbocycles. The summed E-state index contributed by atoms with van der Waals surface area (Å²) in [5.41, 5.74) is 1.93. The molecule has 2 aromatic heterocycles. The van der Waals surface area contributed by atoms with Gasteiger partial charge in [0.05, 0.1) is 11.1 Å². The molecule has 28 heavy (non-hydrogen) atoms. The van der Waals surface area contributed by atoms with Crippen LogP contribution in [-0.4, -0.2) is 25.9 Å². The average molecular weight is 391 g/mol. The van der Waals surface area contributed by atoms with Gasteiger partial charge in [0, 0.05) is 10.9 Å². The Bertz CT molecular complexity index is 1190. The summed E-state index contributed by atoms with van der Waals surface area (Å²) in [6.45, 7) is 1.82. The number of carbonyl (C=O) groups excluding carboxylic acids is 1. The Morgan fingerprint density at radius 1 is 1.14 bits per heavy atom. The smallest absolute Gasteiger partial charge is 0.278 e. The molecule has 140 valence electrons. The molecular formula is C20H17N5O2S. The summed E-state index contributed by atoms with van der Waals surface area (Å²) >= 11 is 1.34. The Hall–Kier alpha value is -3.39. The largest absolute Gasteiger partial charge is 0.300 e. The quantitative estimate of drug-likeness (QED) is 0.562. The van der Waals surface area contributed by atoms with Crippen LogP contribution in [0.2, 0.25) is 0 Å². The van der Waals surface area contributed by atoms with Crippen molar-refractivity contribution in [1.82, 2.24) is 20.0 Å². The van der Waals surface area contributed by atoms with E-state index in [1.54, 1.807) is 24.3 Å². The Morgan fingerprint density at radius 2 is 1.89 bits per heavy atom. The van der Waals surface area contributed by atoms with Crippen molar-refractivity contribution in [3.63, 3.8) is 0 Å². The molecule has 2 heterocycles. The minimum Gasteiger partial charge on any atom is -0.300 e. The predicted octanol–water partition coefficient (Wildman–Crippen LogP) is 3.50. The maximum absolute atomic E-state index is 12.8. The maximum atomic E-state index is 12.8. The summed E-state index contributed by atoms with van der Waals surface area (Å²) in [5.74, 6) is -0.344. The first-order valence-corrected chi connectivity index (χ1v) is 9.71. The first-order chi connectivity index (χ1) is 13.7. The Labute approximate surface area is 164 Å². The van der Waals surface area contributed by atoms with Crippen molar-refractivity contribution >= 4 is 33.3 Å². The number of hydrogen-bond acceptors (Lipinski definition) is 6. The standard InChI is InChI=1S/C20H17N5O2S/c1-2-17(25-19(27)14-10-6-7-11-15(14)23-24-25)18(26)22-20-21-16(12-28-20)13-8-4-3-5-9-13/h3-12,17H,2H2,1H3,(H,21,22,26)/t17-/m1/s1. The van der Waals surface area contributed by atoms with Gasteiger partial charge in [-0.15, -0.1) is 16.4 Å². The molecule has 0 spiro atoms. The van der Waals surface area contributed by atoms with E-state index in [9.17, 15) is 9.59 Å². The molecular weight excluding hydrogens is 374 g/mol. The van der Waals surface area contributed by atoms with E-state index in [1.165, 1.54) is 11.3 Å². The number of anilines is 1. The minimum absolute atomic E-state index is 0.336. The van der Waals surface area contributed by atoms with Gasteiger partial charge in [0.15, 0.2) is 5.13 Å². The highest BCUT2D eigenvalue weighted by Crippen LogP contribution is 2.25.